The van der Waals surface area contributed by atoms with Gasteiger partial charge in [-0.25, -0.2) is 4.98 Å². The second-order valence-corrected chi connectivity index (χ2v) is 6.51. The van der Waals surface area contributed by atoms with Gasteiger partial charge in [0.15, 0.2) is 5.16 Å². The molecule has 4 rings (SSSR count). The third kappa shape index (κ3) is 3.01. The number of pyridine rings is 1. The van der Waals surface area contributed by atoms with Gasteiger partial charge in [-0.2, -0.15) is 0 Å². The van der Waals surface area contributed by atoms with Gasteiger partial charge in [0.25, 0.3) is 0 Å². The van der Waals surface area contributed by atoms with Crippen molar-refractivity contribution in [1.29, 1.82) is 0 Å². The number of imidazole rings is 1. The van der Waals surface area contributed by atoms with Crippen molar-refractivity contribution in [2.24, 2.45) is 0 Å². The number of rotatable bonds is 5. The van der Waals surface area contributed by atoms with Gasteiger partial charge >= 0.3 is 0 Å². The van der Waals surface area contributed by atoms with E-state index in [-0.39, 0.29) is 23.2 Å². The maximum absolute atomic E-state index is 13.2. The first-order valence-corrected chi connectivity index (χ1v) is 8.54. The number of aromatic nitrogens is 4. The number of fused-ring (bicyclic) bond motifs is 1. The lowest BCUT2D eigenvalue weighted by molar-refractivity contribution is 0.410. The number of hydrogen-bond donors (Lipinski definition) is 1. The molecular formula is C19H18N4O2S. The van der Waals surface area contributed by atoms with Crippen LogP contribution in [0, 0.1) is 6.85 Å². The van der Waals surface area contributed by atoms with E-state index >= 15 is 0 Å². The summed E-state index contributed by atoms with van der Waals surface area (Å²) in [7, 11) is -5.19. The molecule has 1 atom stereocenters. The van der Waals surface area contributed by atoms with Crippen LogP contribution in [0.15, 0.2) is 60.0 Å². The van der Waals surface area contributed by atoms with Crippen molar-refractivity contribution < 1.29 is 25.4 Å². The zero-order chi connectivity index (χ0) is 28.3. The van der Waals surface area contributed by atoms with E-state index in [9.17, 15) is 4.21 Å². The molecule has 1 unspecified atom stereocenters. The van der Waals surface area contributed by atoms with Crippen molar-refractivity contribution in [2.45, 2.75) is 17.8 Å². The van der Waals surface area contributed by atoms with E-state index in [4.69, 9.17) is 21.2 Å². The summed E-state index contributed by atoms with van der Waals surface area (Å²) >= 11 is 0. The number of benzene rings is 1. The first-order valence-electron chi connectivity index (χ1n) is 13.2. The zero-order valence-corrected chi connectivity index (χ0v) is 13.8. The van der Waals surface area contributed by atoms with E-state index in [1.54, 1.807) is 0 Å². The molecule has 6 nitrogen and oxygen atoms in total. The molecule has 1 N–H and O–H groups in total. The lowest BCUT2D eigenvalue weighted by Crippen LogP contribution is -2.03. The summed E-state index contributed by atoms with van der Waals surface area (Å²) in [6, 6.07) is 2.82. The van der Waals surface area contributed by atoms with Crippen molar-refractivity contribution in [2.75, 3.05) is 7.04 Å². The number of nitrogens with zero attached hydrogens (tertiary/aromatic N) is 3. The second kappa shape index (κ2) is 6.76. The number of H-pyrrole nitrogens is 1. The van der Waals surface area contributed by atoms with Crippen LogP contribution in [-0.2, 0) is 16.6 Å². The average molecular weight is 379 g/mol. The maximum atomic E-state index is 13.2. The lowest BCUT2D eigenvalue weighted by atomic mass is 10.2. The molecule has 4 aromatic rings. The second-order valence-electron chi connectivity index (χ2n) is 5.14. The van der Waals surface area contributed by atoms with Crippen LogP contribution >= 0.6 is 0 Å². The Kier molecular flexibility index (Phi) is 2.02. The molecule has 0 radical (unpaired) electrons. The van der Waals surface area contributed by atoms with E-state index < -0.39 is 71.7 Å². The summed E-state index contributed by atoms with van der Waals surface area (Å²) in [6.45, 7) is -3.01. The smallest absolute Gasteiger partial charge is 0.197 e. The average Bonchev–Trinajstić information content (AvgIpc) is 3.30. The Morgan fingerprint density at radius 3 is 3.08 bits per heavy atom. The predicted molar refractivity (Wildman–Crippen MR) is 101 cm³/mol. The van der Waals surface area contributed by atoms with Gasteiger partial charge in [0.05, 0.1) is 52.7 Å². The molecule has 0 amide bonds. The van der Waals surface area contributed by atoms with Crippen molar-refractivity contribution >= 4 is 21.8 Å². The summed E-state index contributed by atoms with van der Waals surface area (Å²) in [5.74, 6) is -1.46. The minimum Gasteiger partial charge on any atom is -0.496 e. The third-order valence-corrected chi connectivity index (χ3v) is 4.72. The van der Waals surface area contributed by atoms with Crippen LogP contribution in [-0.4, -0.2) is 30.8 Å². The molecule has 0 aliphatic heterocycles. The van der Waals surface area contributed by atoms with Crippen LogP contribution in [0.5, 0.6) is 5.75 Å². The quantitative estimate of drug-likeness (QED) is 0.578. The first kappa shape index (κ1) is 7.75. The summed E-state index contributed by atoms with van der Waals surface area (Å²) < 4.78 is 112. The molecule has 0 aliphatic carbocycles. The Hall–Kier alpha value is -2.93. The highest BCUT2D eigenvalue weighted by atomic mass is 32.2. The lowest BCUT2D eigenvalue weighted by Gasteiger charge is -2.08. The topological polar surface area (TPSA) is 72.8 Å². The highest BCUT2D eigenvalue weighted by Crippen LogP contribution is 2.22. The SMILES string of the molecule is [2H]c1nc(CS(=O)c2nc3ccc(-n4c([2H])c([2H])c([2H])c4[2H])cc3[nH]2)c(C([2H])([2H])[2H])c(OC([2H])([2H])[2H])c1[2H]. The fourth-order valence-electron chi connectivity index (χ4n) is 2.32. The molecule has 0 saturated heterocycles. The van der Waals surface area contributed by atoms with Gasteiger partial charge in [0.2, 0.25) is 0 Å². The monoisotopic (exact) mass is 378 g/mol. The van der Waals surface area contributed by atoms with E-state index in [2.05, 4.69) is 15.0 Å². The Bertz CT molecular complexity index is 1570. The van der Waals surface area contributed by atoms with Gasteiger partial charge in [0.1, 0.15) is 5.75 Å². The zero-order valence-electron chi connectivity index (χ0n) is 25.0. The molecule has 0 aliphatic rings. The molecule has 0 spiro atoms. The van der Waals surface area contributed by atoms with E-state index in [1.807, 2.05) is 0 Å². The fourth-order valence-corrected chi connectivity index (χ4v) is 3.33. The van der Waals surface area contributed by atoms with Crippen molar-refractivity contribution in [3.8, 4) is 11.4 Å². The van der Waals surface area contributed by atoms with E-state index in [1.165, 1.54) is 18.2 Å². The summed E-state index contributed by atoms with van der Waals surface area (Å²) in [5, 5.41) is -0.109. The first-order chi connectivity index (χ1) is 17.5. The molecule has 26 heavy (non-hydrogen) atoms. The van der Waals surface area contributed by atoms with Gasteiger partial charge in [-0.1, -0.05) is 0 Å². The van der Waals surface area contributed by atoms with E-state index in [0.717, 1.165) is 4.57 Å². The van der Waals surface area contributed by atoms with Crippen molar-refractivity contribution in [3.63, 3.8) is 0 Å². The number of aromatic amines is 1. The van der Waals surface area contributed by atoms with Gasteiger partial charge in [-0.3, -0.25) is 9.19 Å². The molecule has 0 bridgehead atoms. The summed E-state index contributed by atoms with van der Waals surface area (Å²) in [4.78, 5) is 10.8. The number of ether oxygens (including phenoxy) is 1. The number of hydrogen-bond acceptors (Lipinski definition) is 4. The van der Waals surface area contributed by atoms with Crippen molar-refractivity contribution in [1.82, 2.24) is 19.5 Å². The van der Waals surface area contributed by atoms with E-state index in [0.29, 0.717) is 11.0 Å². The molecule has 7 heteroatoms. The molecule has 3 aromatic heterocycles. The van der Waals surface area contributed by atoms with Gasteiger partial charge in [0, 0.05) is 33.9 Å². The molecule has 132 valence electrons. The van der Waals surface area contributed by atoms with Crippen molar-refractivity contribution in [3.05, 3.63) is 66.1 Å². The molecular weight excluding hydrogens is 348 g/mol. The van der Waals surface area contributed by atoms with Gasteiger partial charge < -0.3 is 14.3 Å². The predicted octanol–water partition coefficient (Wildman–Crippen LogP) is 3.37. The highest BCUT2D eigenvalue weighted by Gasteiger charge is 2.15. The Balaban J connectivity index is 1.75. The standard InChI is InChI=1S/C19H18N4O2S/c1-13-17(20-8-7-18(13)25-2)12-26(24)19-21-15-6-5-14(11-16(15)22-19)23-9-3-4-10-23/h3-11H,12H2,1-2H3,(H,21,22)/i1D3,2D3,3D,4D,7D,8D,9D,10D. The molecule has 0 fully saturated rings. The van der Waals surface area contributed by atoms with Crippen LogP contribution < -0.4 is 4.74 Å². The Labute approximate surface area is 170 Å². The van der Waals surface area contributed by atoms with Crippen LogP contribution in [0.4, 0.5) is 0 Å². The molecule has 0 saturated carbocycles. The normalized spacial score (nSPS) is 20.0. The third-order valence-electron chi connectivity index (χ3n) is 3.56. The molecule has 3 heterocycles. The van der Waals surface area contributed by atoms with Crippen LogP contribution in [0.2, 0.25) is 0 Å². The van der Waals surface area contributed by atoms with Gasteiger partial charge in [-0.05, 0) is 43.2 Å². The largest absolute Gasteiger partial charge is 0.496 e. The molecule has 1 aromatic carbocycles. The van der Waals surface area contributed by atoms with Gasteiger partial charge in [-0.15, -0.1) is 0 Å². The summed E-state index contributed by atoms with van der Waals surface area (Å²) in [5.41, 5.74) is -0.214. The van der Waals surface area contributed by atoms with Crippen LogP contribution in [0.25, 0.3) is 16.7 Å². The maximum Gasteiger partial charge on any atom is 0.197 e. The highest BCUT2D eigenvalue weighted by molar-refractivity contribution is 7.84. The Morgan fingerprint density at radius 2 is 2.27 bits per heavy atom. The van der Waals surface area contributed by atoms with Crippen LogP contribution in [0.1, 0.15) is 27.7 Å². The summed E-state index contributed by atoms with van der Waals surface area (Å²) in [6.07, 6.45) is -1.47. The Morgan fingerprint density at radius 1 is 1.38 bits per heavy atom. The minimum atomic E-state index is -3.12. The minimum absolute atomic E-state index is 0.109. The number of nitrogens with one attached hydrogen (secondary N) is 1. The van der Waals surface area contributed by atoms with Crippen LogP contribution in [0.3, 0.4) is 0 Å². The fraction of sp³-hybridized carbons (Fsp3) is 0.158. The number of methoxy groups -OCH3 is 1.